The third kappa shape index (κ3) is 2.63. The largest absolute Gasteiger partial charge is 0.338 e. The highest BCUT2D eigenvalue weighted by molar-refractivity contribution is 5.68. The first kappa shape index (κ1) is 14.0. The topological polar surface area (TPSA) is 55.0 Å². The number of para-hydroxylation sites is 1. The molecule has 1 aromatic heterocycles. The highest BCUT2D eigenvalue weighted by Crippen LogP contribution is 2.34. The third-order valence-electron chi connectivity index (χ3n) is 3.98. The summed E-state index contributed by atoms with van der Waals surface area (Å²) in [6.45, 7) is 5.64. The lowest BCUT2D eigenvalue weighted by Crippen LogP contribution is -2.26. The van der Waals surface area contributed by atoms with Crippen molar-refractivity contribution in [2.75, 3.05) is 11.4 Å². The minimum absolute atomic E-state index is 0.318. The van der Waals surface area contributed by atoms with Crippen LogP contribution in [0.25, 0.3) is 0 Å². The second kappa shape index (κ2) is 5.82. The van der Waals surface area contributed by atoms with Crippen LogP contribution in [0.15, 0.2) is 30.5 Å². The Bertz CT molecular complexity index is 636. The molecule has 4 heteroatoms. The Morgan fingerprint density at radius 1 is 1.24 bits per heavy atom. The number of hydrogen-bond donors (Lipinski definition) is 1. The summed E-state index contributed by atoms with van der Waals surface area (Å²) >= 11 is 0. The molecule has 0 saturated carbocycles. The molecular formula is C17H22N4. The minimum atomic E-state index is 0.318. The van der Waals surface area contributed by atoms with Crippen LogP contribution >= 0.6 is 0 Å². The molecule has 110 valence electrons. The predicted octanol–water partition coefficient (Wildman–Crippen LogP) is 3.14. The molecule has 3 rings (SSSR count). The lowest BCUT2D eigenvalue weighted by atomic mass is 10.0. The van der Waals surface area contributed by atoms with Crippen LogP contribution in [-0.2, 0) is 13.0 Å². The van der Waals surface area contributed by atoms with Crippen molar-refractivity contribution in [1.82, 2.24) is 9.97 Å². The molecule has 2 heterocycles. The third-order valence-corrected chi connectivity index (χ3v) is 3.98. The minimum Gasteiger partial charge on any atom is -0.338 e. The normalized spacial score (nSPS) is 14.4. The average molecular weight is 282 g/mol. The van der Waals surface area contributed by atoms with E-state index in [0.29, 0.717) is 12.5 Å². The zero-order valence-corrected chi connectivity index (χ0v) is 12.7. The first-order valence-corrected chi connectivity index (χ1v) is 7.62. The van der Waals surface area contributed by atoms with Crippen LogP contribution in [0.4, 0.5) is 11.4 Å². The van der Waals surface area contributed by atoms with Gasteiger partial charge in [0.05, 0.1) is 17.6 Å². The van der Waals surface area contributed by atoms with Gasteiger partial charge in [0.25, 0.3) is 0 Å². The molecular weight excluding hydrogens is 260 g/mol. The van der Waals surface area contributed by atoms with E-state index in [1.807, 2.05) is 6.20 Å². The van der Waals surface area contributed by atoms with E-state index in [-0.39, 0.29) is 0 Å². The highest BCUT2D eigenvalue weighted by Gasteiger charge is 2.21. The Balaban J connectivity index is 2.05. The van der Waals surface area contributed by atoms with Crippen LogP contribution in [0.5, 0.6) is 0 Å². The van der Waals surface area contributed by atoms with Gasteiger partial charge in [0.15, 0.2) is 0 Å². The van der Waals surface area contributed by atoms with Gasteiger partial charge < -0.3 is 10.6 Å². The Morgan fingerprint density at radius 2 is 2.05 bits per heavy atom. The maximum Gasteiger partial charge on any atom is 0.131 e. The fourth-order valence-corrected chi connectivity index (χ4v) is 2.86. The van der Waals surface area contributed by atoms with Gasteiger partial charge in [-0.1, -0.05) is 32.0 Å². The van der Waals surface area contributed by atoms with E-state index in [1.54, 1.807) is 0 Å². The fourth-order valence-electron chi connectivity index (χ4n) is 2.86. The van der Waals surface area contributed by atoms with Crippen molar-refractivity contribution in [1.29, 1.82) is 0 Å². The van der Waals surface area contributed by atoms with Gasteiger partial charge >= 0.3 is 0 Å². The number of hydrogen-bond acceptors (Lipinski definition) is 4. The average Bonchev–Trinajstić information content (AvgIpc) is 2.53. The van der Waals surface area contributed by atoms with Crippen LogP contribution in [0.2, 0.25) is 0 Å². The van der Waals surface area contributed by atoms with Crippen molar-refractivity contribution in [3.63, 3.8) is 0 Å². The van der Waals surface area contributed by atoms with E-state index < -0.39 is 0 Å². The number of aryl methyl sites for hydroxylation is 1. The van der Waals surface area contributed by atoms with Gasteiger partial charge in [-0.3, -0.25) is 0 Å². The molecule has 0 bridgehead atoms. The van der Waals surface area contributed by atoms with Crippen molar-refractivity contribution < 1.29 is 0 Å². The molecule has 0 unspecified atom stereocenters. The van der Waals surface area contributed by atoms with Crippen molar-refractivity contribution in [2.24, 2.45) is 5.73 Å². The molecule has 1 aliphatic heterocycles. The first-order chi connectivity index (χ1) is 10.2. The van der Waals surface area contributed by atoms with Crippen LogP contribution in [0.3, 0.4) is 0 Å². The Labute approximate surface area is 126 Å². The van der Waals surface area contributed by atoms with Crippen molar-refractivity contribution >= 4 is 11.4 Å². The Morgan fingerprint density at radius 3 is 2.81 bits per heavy atom. The molecule has 4 nitrogen and oxygen atoms in total. The maximum atomic E-state index is 5.93. The molecule has 0 amide bonds. The van der Waals surface area contributed by atoms with Crippen LogP contribution in [0, 0.1) is 0 Å². The summed E-state index contributed by atoms with van der Waals surface area (Å²) in [4.78, 5) is 11.5. The van der Waals surface area contributed by atoms with Crippen LogP contribution in [-0.4, -0.2) is 16.5 Å². The van der Waals surface area contributed by atoms with Gasteiger partial charge in [0, 0.05) is 24.7 Å². The molecule has 0 saturated heterocycles. The van der Waals surface area contributed by atoms with E-state index in [0.717, 1.165) is 36.6 Å². The number of nitrogens with zero attached hydrogens (tertiary/aromatic N) is 3. The van der Waals surface area contributed by atoms with Crippen LogP contribution in [0.1, 0.15) is 43.3 Å². The van der Waals surface area contributed by atoms with E-state index >= 15 is 0 Å². The van der Waals surface area contributed by atoms with Crippen molar-refractivity contribution in [2.45, 2.75) is 39.2 Å². The number of anilines is 2. The highest BCUT2D eigenvalue weighted by atomic mass is 15.2. The van der Waals surface area contributed by atoms with E-state index in [9.17, 15) is 0 Å². The monoisotopic (exact) mass is 282 g/mol. The first-order valence-electron chi connectivity index (χ1n) is 7.62. The second-order valence-corrected chi connectivity index (χ2v) is 5.80. The molecule has 1 aromatic carbocycles. The molecule has 1 aliphatic rings. The SMILES string of the molecule is CC(C)c1ncc(N2CCCc3ccccc32)c(CN)n1. The summed E-state index contributed by atoms with van der Waals surface area (Å²) in [7, 11) is 0. The van der Waals surface area contributed by atoms with Gasteiger partial charge in [-0.25, -0.2) is 9.97 Å². The summed E-state index contributed by atoms with van der Waals surface area (Å²) in [6.07, 6.45) is 4.22. The Kier molecular flexibility index (Phi) is 3.88. The van der Waals surface area contributed by atoms with E-state index in [1.165, 1.54) is 11.3 Å². The van der Waals surface area contributed by atoms with Crippen molar-refractivity contribution in [3.8, 4) is 0 Å². The molecule has 0 radical (unpaired) electrons. The van der Waals surface area contributed by atoms with E-state index in [4.69, 9.17) is 5.73 Å². The maximum absolute atomic E-state index is 5.93. The van der Waals surface area contributed by atoms with Gasteiger partial charge in [0.1, 0.15) is 5.82 Å². The standard InChI is InChI=1S/C17H22N4/c1-12(2)17-19-11-16(14(10-18)20-17)21-9-5-7-13-6-3-4-8-15(13)21/h3-4,6,8,11-12H,5,7,9-10,18H2,1-2H3. The summed E-state index contributed by atoms with van der Waals surface area (Å²) in [5.41, 5.74) is 10.6. The van der Waals surface area contributed by atoms with Gasteiger partial charge in [-0.2, -0.15) is 0 Å². The smallest absolute Gasteiger partial charge is 0.131 e. The molecule has 2 aromatic rings. The van der Waals surface area contributed by atoms with E-state index in [2.05, 4.69) is 53.0 Å². The number of rotatable bonds is 3. The predicted molar refractivity (Wildman–Crippen MR) is 85.8 cm³/mol. The molecule has 0 aliphatic carbocycles. The molecule has 0 fully saturated rings. The molecule has 2 N–H and O–H groups in total. The summed E-state index contributed by atoms with van der Waals surface area (Å²) in [6, 6.07) is 8.56. The number of nitrogens with two attached hydrogens (primary N) is 1. The molecule has 0 spiro atoms. The quantitative estimate of drug-likeness (QED) is 0.939. The number of aromatic nitrogens is 2. The number of fused-ring (bicyclic) bond motifs is 1. The summed E-state index contributed by atoms with van der Waals surface area (Å²) < 4.78 is 0. The molecule has 0 atom stereocenters. The van der Waals surface area contributed by atoms with Gasteiger partial charge in [-0.15, -0.1) is 0 Å². The lowest BCUT2D eigenvalue weighted by molar-refractivity contribution is 0.733. The van der Waals surface area contributed by atoms with Crippen molar-refractivity contribution in [3.05, 3.63) is 47.5 Å². The van der Waals surface area contributed by atoms with Gasteiger partial charge in [0.2, 0.25) is 0 Å². The summed E-state index contributed by atoms with van der Waals surface area (Å²) in [5, 5.41) is 0. The summed E-state index contributed by atoms with van der Waals surface area (Å²) in [5.74, 6) is 1.18. The lowest BCUT2D eigenvalue weighted by Gasteiger charge is -2.32. The fraction of sp³-hybridized carbons (Fsp3) is 0.412. The van der Waals surface area contributed by atoms with Gasteiger partial charge in [-0.05, 0) is 24.5 Å². The zero-order chi connectivity index (χ0) is 14.8. The second-order valence-electron chi connectivity index (χ2n) is 5.80. The number of benzene rings is 1. The van der Waals surface area contributed by atoms with Crippen LogP contribution < -0.4 is 10.6 Å². The molecule has 21 heavy (non-hydrogen) atoms. The Hall–Kier alpha value is -1.94. The zero-order valence-electron chi connectivity index (χ0n) is 12.7.